The van der Waals surface area contributed by atoms with Gasteiger partial charge in [0.15, 0.2) is 0 Å². The Hall–Kier alpha value is -1.61. The second kappa shape index (κ2) is 4.72. The van der Waals surface area contributed by atoms with Crippen LogP contribution < -0.4 is 5.73 Å². The molecule has 2 N–H and O–H groups in total. The number of aryl methyl sites for hydroxylation is 1. The third kappa shape index (κ3) is 2.56. The van der Waals surface area contributed by atoms with Crippen molar-refractivity contribution in [2.75, 3.05) is 0 Å². The normalized spacial score (nSPS) is 12.7. The van der Waals surface area contributed by atoms with Crippen LogP contribution >= 0.6 is 0 Å². The van der Waals surface area contributed by atoms with Gasteiger partial charge in [-0.05, 0) is 26.3 Å². The first kappa shape index (κ1) is 11.9. The van der Waals surface area contributed by atoms with Crippen LogP contribution in [0.15, 0.2) is 30.5 Å². The summed E-state index contributed by atoms with van der Waals surface area (Å²) in [6.07, 6.45) is 1.87. The van der Waals surface area contributed by atoms with Gasteiger partial charge in [-0.15, -0.1) is 0 Å². The van der Waals surface area contributed by atoms with Crippen molar-refractivity contribution in [1.82, 2.24) is 9.78 Å². The summed E-state index contributed by atoms with van der Waals surface area (Å²) >= 11 is 0. The number of hydrogen-bond donors (Lipinski definition) is 1. The van der Waals surface area contributed by atoms with Crippen LogP contribution in [0.3, 0.4) is 0 Å². The molecule has 1 atom stereocenters. The Morgan fingerprint density at radius 3 is 2.71 bits per heavy atom. The monoisotopic (exact) mass is 229 g/mol. The second-order valence-corrected chi connectivity index (χ2v) is 4.62. The highest BCUT2D eigenvalue weighted by molar-refractivity contribution is 5.24. The third-order valence-corrected chi connectivity index (χ3v) is 3.05. The molecule has 0 aliphatic carbocycles. The van der Waals surface area contributed by atoms with E-state index < -0.39 is 0 Å². The van der Waals surface area contributed by atoms with Gasteiger partial charge >= 0.3 is 0 Å². The number of aromatic nitrogens is 2. The lowest BCUT2D eigenvalue weighted by atomic mass is 10.1. The fourth-order valence-corrected chi connectivity index (χ4v) is 2.05. The minimum absolute atomic E-state index is 0.0428. The number of nitrogens with zero attached hydrogens (tertiary/aromatic N) is 2. The summed E-state index contributed by atoms with van der Waals surface area (Å²) in [6, 6.07) is 8.54. The maximum atomic E-state index is 5.89. The molecule has 17 heavy (non-hydrogen) atoms. The summed E-state index contributed by atoms with van der Waals surface area (Å²) in [7, 11) is 0. The minimum Gasteiger partial charge on any atom is -0.324 e. The van der Waals surface area contributed by atoms with E-state index in [0.29, 0.717) is 0 Å². The molecule has 0 aliphatic heterocycles. The quantitative estimate of drug-likeness (QED) is 0.879. The van der Waals surface area contributed by atoms with E-state index in [2.05, 4.69) is 43.2 Å². The molecule has 1 aromatic carbocycles. The predicted molar refractivity (Wildman–Crippen MR) is 69.8 cm³/mol. The minimum atomic E-state index is 0.0428. The molecule has 3 nitrogen and oxygen atoms in total. The Kier molecular flexibility index (Phi) is 3.29. The maximum Gasteiger partial charge on any atom is 0.0662 e. The molecule has 2 aromatic rings. The zero-order valence-corrected chi connectivity index (χ0v) is 10.6. The van der Waals surface area contributed by atoms with Gasteiger partial charge in [0.25, 0.3) is 0 Å². The first-order valence-electron chi connectivity index (χ1n) is 5.91. The van der Waals surface area contributed by atoms with Gasteiger partial charge < -0.3 is 5.73 Å². The van der Waals surface area contributed by atoms with Crippen LogP contribution in [0.1, 0.15) is 35.3 Å². The summed E-state index contributed by atoms with van der Waals surface area (Å²) in [6.45, 7) is 6.97. The molecule has 0 fully saturated rings. The Balaban J connectivity index is 2.25. The van der Waals surface area contributed by atoms with E-state index in [1.54, 1.807) is 0 Å². The molecule has 1 unspecified atom stereocenters. The van der Waals surface area contributed by atoms with Crippen LogP contribution in [0.2, 0.25) is 0 Å². The van der Waals surface area contributed by atoms with Crippen molar-refractivity contribution in [3.05, 3.63) is 52.8 Å². The van der Waals surface area contributed by atoms with E-state index in [1.807, 2.05) is 17.8 Å². The molecule has 3 heteroatoms. The van der Waals surface area contributed by atoms with E-state index in [-0.39, 0.29) is 6.04 Å². The number of rotatable bonds is 3. The van der Waals surface area contributed by atoms with Crippen molar-refractivity contribution in [3.8, 4) is 0 Å². The van der Waals surface area contributed by atoms with Gasteiger partial charge in [0.2, 0.25) is 0 Å². The van der Waals surface area contributed by atoms with Gasteiger partial charge in [-0.2, -0.15) is 5.10 Å². The average molecular weight is 229 g/mol. The summed E-state index contributed by atoms with van der Waals surface area (Å²) in [5.41, 5.74) is 10.7. The van der Waals surface area contributed by atoms with Crippen LogP contribution in [0, 0.1) is 13.8 Å². The van der Waals surface area contributed by atoms with Crippen LogP contribution in [-0.4, -0.2) is 9.78 Å². The van der Waals surface area contributed by atoms with Crippen LogP contribution in [-0.2, 0) is 6.54 Å². The fourth-order valence-electron chi connectivity index (χ4n) is 2.05. The lowest BCUT2D eigenvalue weighted by molar-refractivity contribution is 0.660. The van der Waals surface area contributed by atoms with Gasteiger partial charge in [0, 0.05) is 17.3 Å². The Morgan fingerprint density at radius 1 is 1.35 bits per heavy atom. The molecular weight excluding hydrogens is 210 g/mol. The van der Waals surface area contributed by atoms with Gasteiger partial charge in [0.05, 0.1) is 12.7 Å². The number of nitrogens with two attached hydrogens (primary N) is 1. The molecule has 2 rings (SSSR count). The standard InChI is InChI=1S/C14H19N3/c1-10-5-4-6-13(7-10)9-17-12(3)14(8-16-17)11(2)15/h4-8,11H,9,15H2,1-3H3. The lowest BCUT2D eigenvalue weighted by Gasteiger charge is -2.08. The topological polar surface area (TPSA) is 43.8 Å². The molecule has 0 saturated heterocycles. The van der Waals surface area contributed by atoms with Gasteiger partial charge in [-0.25, -0.2) is 0 Å². The van der Waals surface area contributed by atoms with Gasteiger partial charge in [0.1, 0.15) is 0 Å². The molecule has 0 bridgehead atoms. The molecule has 90 valence electrons. The van der Waals surface area contributed by atoms with Crippen molar-refractivity contribution in [1.29, 1.82) is 0 Å². The summed E-state index contributed by atoms with van der Waals surface area (Å²) in [4.78, 5) is 0. The van der Waals surface area contributed by atoms with Crippen molar-refractivity contribution >= 4 is 0 Å². The van der Waals surface area contributed by atoms with Crippen molar-refractivity contribution in [2.24, 2.45) is 5.73 Å². The van der Waals surface area contributed by atoms with E-state index >= 15 is 0 Å². The number of hydrogen-bond acceptors (Lipinski definition) is 2. The smallest absolute Gasteiger partial charge is 0.0662 e. The average Bonchev–Trinajstić information content (AvgIpc) is 2.61. The van der Waals surface area contributed by atoms with Crippen LogP contribution in [0.5, 0.6) is 0 Å². The van der Waals surface area contributed by atoms with Crippen LogP contribution in [0.4, 0.5) is 0 Å². The fraction of sp³-hybridized carbons (Fsp3) is 0.357. The molecule has 0 aliphatic rings. The molecule has 0 amide bonds. The van der Waals surface area contributed by atoms with Crippen molar-refractivity contribution in [2.45, 2.75) is 33.4 Å². The molecular formula is C14H19N3. The summed E-state index contributed by atoms with van der Waals surface area (Å²) in [5, 5.41) is 4.40. The molecule has 1 heterocycles. The molecule has 0 spiro atoms. The zero-order chi connectivity index (χ0) is 12.4. The highest BCUT2D eigenvalue weighted by Crippen LogP contribution is 2.16. The molecule has 1 aromatic heterocycles. The van der Waals surface area contributed by atoms with E-state index in [1.165, 1.54) is 11.1 Å². The second-order valence-electron chi connectivity index (χ2n) is 4.62. The van der Waals surface area contributed by atoms with E-state index in [9.17, 15) is 0 Å². The first-order valence-corrected chi connectivity index (χ1v) is 5.91. The number of benzene rings is 1. The SMILES string of the molecule is Cc1cccc(Cn2ncc(C(C)N)c2C)c1. The Bertz CT molecular complexity index is 512. The van der Waals surface area contributed by atoms with Crippen molar-refractivity contribution in [3.63, 3.8) is 0 Å². The largest absolute Gasteiger partial charge is 0.324 e. The lowest BCUT2D eigenvalue weighted by Crippen LogP contribution is -2.08. The van der Waals surface area contributed by atoms with Gasteiger partial charge in [-0.1, -0.05) is 29.8 Å². The third-order valence-electron chi connectivity index (χ3n) is 3.05. The molecule has 0 radical (unpaired) electrons. The predicted octanol–water partition coefficient (Wildman–Crippen LogP) is 2.57. The Morgan fingerprint density at radius 2 is 2.12 bits per heavy atom. The Labute approximate surface area is 102 Å². The molecule has 0 saturated carbocycles. The zero-order valence-electron chi connectivity index (χ0n) is 10.6. The summed E-state index contributed by atoms with van der Waals surface area (Å²) < 4.78 is 2.01. The highest BCUT2D eigenvalue weighted by atomic mass is 15.3. The van der Waals surface area contributed by atoms with E-state index in [0.717, 1.165) is 17.8 Å². The van der Waals surface area contributed by atoms with Gasteiger partial charge in [-0.3, -0.25) is 4.68 Å². The first-order chi connectivity index (χ1) is 8.08. The summed E-state index contributed by atoms with van der Waals surface area (Å²) in [5.74, 6) is 0. The highest BCUT2D eigenvalue weighted by Gasteiger charge is 2.09. The van der Waals surface area contributed by atoms with Crippen molar-refractivity contribution < 1.29 is 0 Å². The maximum absolute atomic E-state index is 5.89. The van der Waals surface area contributed by atoms with Crippen LogP contribution in [0.25, 0.3) is 0 Å². The van der Waals surface area contributed by atoms with E-state index in [4.69, 9.17) is 5.73 Å².